The van der Waals surface area contributed by atoms with Gasteiger partial charge in [-0.25, -0.2) is 0 Å². The quantitative estimate of drug-likeness (QED) is 0.867. The Hall–Kier alpha value is -0.730. The summed E-state index contributed by atoms with van der Waals surface area (Å²) in [5, 5.41) is 4.35. The van der Waals surface area contributed by atoms with Crippen LogP contribution in [0.1, 0.15) is 51.0 Å². The van der Waals surface area contributed by atoms with Crippen LogP contribution in [-0.2, 0) is 0 Å². The van der Waals surface area contributed by atoms with Crippen molar-refractivity contribution in [3.8, 4) is 5.75 Å². The molecule has 0 aliphatic heterocycles. The van der Waals surface area contributed by atoms with E-state index in [2.05, 4.69) is 19.2 Å². The lowest BCUT2D eigenvalue weighted by Gasteiger charge is -2.31. The molecule has 0 spiro atoms. The molecule has 0 amide bonds. The summed E-state index contributed by atoms with van der Waals surface area (Å²) >= 11 is 6.09. The normalized spacial score (nSPS) is 23.9. The van der Waals surface area contributed by atoms with Crippen molar-refractivity contribution < 1.29 is 4.74 Å². The zero-order chi connectivity index (χ0) is 14.4. The SMILES string of the molecule is CCNC1CCCCCCC1Oc1cc(Cl)ccc1C. The van der Waals surface area contributed by atoms with Gasteiger partial charge >= 0.3 is 0 Å². The Morgan fingerprint density at radius 3 is 2.70 bits per heavy atom. The lowest BCUT2D eigenvalue weighted by molar-refractivity contribution is 0.127. The minimum Gasteiger partial charge on any atom is -0.488 e. The first kappa shape index (κ1) is 15.7. The molecule has 2 rings (SSSR count). The highest BCUT2D eigenvalue weighted by atomic mass is 35.5. The van der Waals surface area contributed by atoms with Gasteiger partial charge in [0.25, 0.3) is 0 Å². The molecule has 1 fully saturated rings. The Kier molecular flexibility index (Phi) is 6.18. The summed E-state index contributed by atoms with van der Waals surface area (Å²) in [6.07, 6.45) is 7.82. The van der Waals surface area contributed by atoms with Gasteiger partial charge in [0.2, 0.25) is 0 Å². The summed E-state index contributed by atoms with van der Waals surface area (Å²) in [6.45, 7) is 5.25. The zero-order valence-electron chi connectivity index (χ0n) is 12.6. The highest BCUT2D eigenvalue weighted by Crippen LogP contribution is 2.27. The topological polar surface area (TPSA) is 21.3 Å². The summed E-state index contributed by atoms with van der Waals surface area (Å²) in [5.41, 5.74) is 1.16. The molecular formula is C17H26ClNO. The number of ether oxygens (including phenoxy) is 1. The summed E-state index contributed by atoms with van der Waals surface area (Å²) in [4.78, 5) is 0. The maximum Gasteiger partial charge on any atom is 0.124 e. The molecule has 0 aromatic heterocycles. The van der Waals surface area contributed by atoms with Crippen molar-refractivity contribution >= 4 is 11.6 Å². The molecule has 2 unspecified atom stereocenters. The van der Waals surface area contributed by atoms with Gasteiger partial charge in [-0.2, -0.15) is 0 Å². The van der Waals surface area contributed by atoms with Gasteiger partial charge in [-0.3, -0.25) is 0 Å². The molecule has 1 N–H and O–H groups in total. The summed E-state index contributed by atoms with van der Waals surface area (Å²) in [5.74, 6) is 0.936. The number of likely N-dealkylation sites (N-methyl/N-ethyl adjacent to an activating group) is 1. The van der Waals surface area contributed by atoms with Crippen LogP contribution in [0.3, 0.4) is 0 Å². The lowest BCUT2D eigenvalue weighted by atomic mass is 9.94. The summed E-state index contributed by atoms with van der Waals surface area (Å²) in [6, 6.07) is 6.35. The fraction of sp³-hybridized carbons (Fsp3) is 0.647. The molecule has 1 saturated carbocycles. The Labute approximate surface area is 127 Å². The van der Waals surface area contributed by atoms with E-state index >= 15 is 0 Å². The van der Waals surface area contributed by atoms with E-state index < -0.39 is 0 Å². The molecule has 1 aromatic rings. The lowest BCUT2D eigenvalue weighted by Crippen LogP contribution is -2.43. The second-order valence-corrected chi connectivity index (χ2v) is 6.16. The molecule has 3 heteroatoms. The third kappa shape index (κ3) is 4.39. The van der Waals surface area contributed by atoms with Gasteiger partial charge in [0, 0.05) is 11.1 Å². The van der Waals surface area contributed by atoms with Crippen LogP contribution in [0.2, 0.25) is 5.02 Å². The predicted molar refractivity (Wildman–Crippen MR) is 85.8 cm³/mol. The minimum atomic E-state index is 0.257. The Bertz CT molecular complexity index is 421. The maximum atomic E-state index is 6.32. The van der Waals surface area contributed by atoms with Crippen LogP contribution < -0.4 is 10.1 Å². The van der Waals surface area contributed by atoms with E-state index in [0.29, 0.717) is 6.04 Å². The Morgan fingerprint density at radius 2 is 1.95 bits per heavy atom. The van der Waals surface area contributed by atoms with Crippen molar-refractivity contribution in [2.45, 2.75) is 64.5 Å². The fourth-order valence-corrected chi connectivity index (χ4v) is 3.11. The monoisotopic (exact) mass is 295 g/mol. The first-order valence-corrected chi connectivity index (χ1v) is 8.24. The molecular weight excluding hydrogens is 270 g/mol. The van der Waals surface area contributed by atoms with Gasteiger partial charge in [0.15, 0.2) is 0 Å². The van der Waals surface area contributed by atoms with E-state index in [1.165, 1.54) is 32.1 Å². The average Bonchev–Trinajstić information content (AvgIpc) is 2.41. The van der Waals surface area contributed by atoms with E-state index in [4.69, 9.17) is 16.3 Å². The number of nitrogens with one attached hydrogen (secondary N) is 1. The first-order valence-electron chi connectivity index (χ1n) is 7.87. The third-order valence-electron chi connectivity index (χ3n) is 4.10. The highest BCUT2D eigenvalue weighted by Gasteiger charge is 2.24. The molecule has 0 radical (unpaired) electrons. The second kappa shape index (κ2) is 7.90. The van der Waals surface area contributed by atoms with E-state index in [0.717, 1.165) is 29.3 Å². The van der Waals surface area contributed by atoms with Crippen LogP contribution in [0.5, 0.6) is 5.75 Å². The average molecular weight is 296 g/mol. The van der Waals surface area contributed by atoms with Gasteiger partial charge in [-0.05, 0) is 50.4 Å². The van der Waals surface area contributed by atoms with Gasteiger partial charge in [-0.15, -0.1) is 0 Å². The molecule has 0 bridgehead atoms. The van der Waals surface area contributed by atoms with Crippen LogP contribution in [0.4, 0.5) is 0 Å². The van der Waals surface area contributed by atoms with Crippen molar-refractivity contribution in [1.82, 2.24) is 5.32 Å². The van der Waals surface area contributed by atoms with Crippen molar-refractivity contribution in [2.75, 3.05) is 6.54 Å². The second-order valence-electron chi connectivity index (χ2n) is 5.72. The Balaban J connectivity index is 2.10. The van der Waals surface area contributed by atoms with Gasteiger partial charge in [-0.1, -0.05) is 43.9 Å². The predicted octanol–water partition coefficient (Wildman–Crippen LogP) is 4.73. The summed E-state index contributed by atoms with van der Waals surface area (Å²) < 4.78 is 6.32. The summed E-state index contributed by atoms with van der Waals surface area (Å²) in [7, 11) is 0. The molecule has 0 heterocycles. The zero-order valence-corrected chi connectivity index (χ0v) is 13.4. The van der Waals surface area contributed by atoms with Crippen LogP contribution in [0.15, 0.2) is 18.2 Å². The number of benzene rings is 1. The fourth-order valence-electron chi connectivity index (χ4n) is 2.95. The van der Waals surface area contributed by atoms with Crippen molar-refractivity contribution in [3.63, 3.8) is 0 Å². The number of aryl methyl sites for hydroxylation is 1. The molecule has 1 aromatic carbocycles. The van der Waals surface area contributed by atoms with Crippen molar-refractivity contribution in [3.05, 3.63) is 28.8 Å². The van der Waals surface area contributed by atoms with E-state index in [9.17, 15) is 0 Å². The minimum absolute atomic E-state index is 0.257. The van der Waals surface area contributed by atoms with Gasteiger partial charge < -0.3 is 10.1 Å². The van der Waals surface area contributed by atoms with Crippen LogP contribution >= 0.6 is 11.6 Å². The molecule has 0 saturated heterocycles. The third-order valence-corrected chi connectivity index (χ3v) is 4.33. The number of rotatable bonds is 4. The van der Waals surface area contributed by atoms with Crippen LogP contribution in [0.25, 0.3) is 0 Å². The van der Waals surface area contributed by atoms with Gasteiger partial charge in [0.1, 0.15) is 11.9 Å². The molecule has 2 atom stereocenters. The molecule has 2 nitrogen and oxygen atoms in total. The van der Waals surface area contributed by atoms with E-state index in [-0.39, 0.29) is 6.10 Å². The standard InChI is InChI=1S/C17H26ClNO/c1-3-19-15-8-6-4-5-7-9-16(15)20-17-12-14(18)11-10-13(17)2/h10-12,15-16,19H,3-9H2,1-2H3. The number of halogens is 1. The highest BCUT2D eigenvalue weighted by molar-refractivity contribution is 6.30. The smallest absolute Gasteiger partial charge is 0.124 e. The first-order chi connectivity index (χ1) is 9.70. The molecule has 112 valence electrons. The van der Waals surface area contributed by atoms with Crippen molar-refractivity contribution in [1.29, 1.82) is 0 Å². The Morgan fingerprint density at radius 1 is 1.20 bits per heavy atom. The maximum absolute atomic E-state index is 6.32. The van der Waals surface area contributed by atoms with Gasteiger partial charge in [0.05, 0.1) is 0 Å². The molecule has 1 aliphatic rings. The number of hydrogen-bond donors (Lipinski definition) is 1. The van der Waals surface area contributed by atoms with Crippen molar-refractivity contribution in [2.24, 2.45) is 0 Å². The molecule has 20 heavy (non-hydrogen) atoms. The van der Waals surface area contributed by atoms with E-state index in [1.54, 1.807) is 0 Å². The van der Waals surface area contributed by atoms with E-state index in [1.807, 2.05) is 18.2 Å². The molecule has 1 aliphatic carbocycles. The van der Waals surface area contributed by atoms with Crippen LogP contribution in [0, 0.1) is 6.92 Å². The largest absolute Gasteiger partial charge is 0.488 e. The number of hydrogen-bond acceptors (Lipinski definition) is 2. The van der Waals surface area contributed by atoms with Crippen LogP contribution in [-0.4, -0.2) is 18.7 Å².